The Labute approximate surface area is 97.6 Å². The van der Waals surface area contributed by atoms with E-state index >= 15 is 0 Å². The van der Waals surface area contributed by atoms with Gasteiger partial charge in [0, 0.05) is 12.6 Å². The lowest BCUT2D eigenvalue weighted by Crippen LogP contribution is -2.45. The molecule has 4 heteroatoms. The highest BCUT2D eigenvalue weighted by Gasteiger charge is 2.28. The maximum Gasteiger partial charge on any atom is 0.410 e. The molecule has 1 aliphatic rings. The first kappa shape index (κ1) is 13.3. The van der Waals surface area contributed by atoms with E-state index in [9.17, 15) is 9.90 Å². The SMILES string of the molecule is CC(O)CC1CCCCN1C(=O)OC(C)C. The third-order valence-electron chi connectivity index (χ3n) is 2.81. The molecule has 0 spiro atoms. The minimum Gasteiger partial charge on any atom is -0.447 e. The Morgan fingerprint density at radius 1 is 1.44 bits per heavy atom. The predicted octanol–water partition coefficient (Wildman–Crippen LogP) is 2.16. The van der Waals surface area contributed by atoms with Crippen LogP contribution in [0.15, 0.2) is 0 Å². The number of aliphatic hydroxyl groups is 1. The van der Waals surface area contributed by atoms with Crippen molar-refractivity contribution in [3.8, 4) is 0 Å². The molecule has 0 radical (unpaired) electrons. The molecule has 1 N–H and O–H groups in total. The van der Waals surface area contributed by atoms with Crippen molar-refractivity contribution < 1.29 is 14.6 Å². The summed E-state index contributed by atoms with van der Waals surface area (Å²) < 4.78 is 5.21. The average Bonchev–Trinajstić information content (AvgIpc) is 2.16. The van der Waals surface area contributed by atoms with Gasteiger partial charge in [0.1, 0.15) is 0 Å². The molecule has 0 aromatic carbocycles. The third kappa shape index (κ3) is 4.00. The molecular formula is C12H23NO3. The highest BCUT2D eigenvalue weighted by molar-refractivity contribution is 5.68. The van der Waals surface area contributed by atoms with E-state index in [1.165, 1.54) is 0 Å². The summed E-state index contributed by atoms with van der Waals surface area (Å²) in [7, 11) is 0. The number of hydrogen-bond donors (Lipinski definition) is 1. The summed E-state index contributed by atoms with van der Waals surface area (Å²) >= 11 is 0. The van der Waals surface area contributed by atoms with Gasteiger partial charge in [-0.05, 0) is 46.5 Å². The Morgan fingerprint density at radius 2 is 2.12 bits per heavy atom. The highest BCUT2D eigenvalue weighted by Crippen LogP contribution is 2.22. The molecule has 1 rings (SSSR count). The van der Waals surface area contributed by atoms with Crippen molar-refractivity contribution in [2.75, 3.05) is 6.54 Å². The summed E-state index contributed by atoms with van der Waals surface area (Å²) in [6.45, 7) is 6.22. The van der Waals surface area contributed by atoms with Gasteiger partial charge in [0.25, 0.3) is 0 Å². The number of piperidine rings is 1. The zero-order chi connectivity index (χ0) is 12.1. The van der Waals surface area contributed by atoms with Gasteiger partial charge in [-0.1, -0.05) is 0 Å². The zero-order valence-corrected chi connectivity index (χ0v) is 10.5. The normalized spacial score (nSPS) is 23.3. The second kappa shape index (κ2) is 6.09. The quantitative estimate of drug-likeness (QED) is 0.806. The Kier molecular flexibility index (Phi) is 5.06. The summed E-state index contributed by atoms with van der Waals surface area (Å²) in [5.41, 5.74) is 0. The lowest BCUT2D eigenvalue weighted by Gasteiger charge is -2.36. The van der Waals surface area contributed by atoms with Gasteiger partial charge in [0.2, 0.25) is 0 Å². The molecule has 0 aromatic rings. The molecule has 94 valence electrons. The summed E-state index contributed by atoms with van der Waals surface area (Å²) in [5, 5.41) is 9.41. The molecule has 1 amide bonds. The summed E-state index contributed by atoms with van der Waals surface area (Å²) in [5.74, 6) is 0. The average molecular weight is 229 g/mol. The lowest BCUT2D eigenvalue weighted by molar-refractivity contribution is 0.0400. The summed E-state index contributed by atoms with van der Waals surface area (Å²) in [6, 6.07) is 0.139. The molecule has 0 aromatic heterocycles. The standard InChI is InChI=1S/C12H23NO3/c1-9(2)16-12(15)13-7-5-4-6-11(13)8-10(3)14/h9-11,14H,4-8H2,1-3H3. The Bertz CT molecular complexity index is 228. The van der Waals surface area contributed by atoms with Crippen LogP contribution in [-0.2, 0) is 4.74 Å². The number of carbonyl (C=O) groups is 1. The smallest absolute Gasteiger partial charge is 0.410 e. The molecule has 0 saturated carbocycles. The van der Waals surface area contributed by atoms with Crippen LogP contribution in [0.4, 0.5) is 4.79 Å². The van der Waals surface area contributed by atoms with Crippen LogP contribution in [0.3, 0.4) is 0 Å². The monoisotopic (exact) mass is 229 g/mol. The maximum atomic E-state index is 11.8. The van der Waals surface area contributed by atoms with Gasteiger partial charge < -0.3 is 14.7 Å². The van der Waals surface area contributed by atoms with Crippen LogP contribution in [0, 0.1) is 0 Å². The molecule has 2 unspecified atom stereocenters. The van der Waals surface area contributed by atoms with Crippen LogP contribution in [0.5, 0.6) is 0 Å². The van der Waals surface area contributed by atoms with E-state index in [4.69, 9.17) is 4.74 Å². The second-order valence-corrected chi connectivity index (χ2v) is 4.86. The van der Waals surface area contributed by atoms with Gasteiger partial charge in [-0.15, -0.1) is 0 Å². The lowest BCUT2D eigenvalue weighted by atomic mass is 9.98. The molecule has 2 atom stereocenters. The molecule has 1 heterocycles. The van der Waals surface area contributed by atoms with Crippen molar-refractivity contribution in [2.45, 2.75) is 64.7 Å². The van der Waals surface area contributed by atoms with Crippen molar-refractivity contribution >= 4 is 6.09 Å². The molecule has 4 nitrogen and oxygen atoms in total. The number of ether oxygens (including phenoxy) is 1. The molecule has 1 saturated heterocycles. The van der Waals surface area contributed by atoms with E-state index in [1.54, 1.807) is 11.8 Å². The second-order valence-electron chi connectivity index (χ2n) is 4.86. The highest BCUT2D eigenvalue weighted by atomic mass is 16.6. The number of carbonyl (C=O) groups excluding carboxylic acids is 1. The van der Waals surface area contributed by atoms with Crippen LogP contribution in [0.2, 0.25) is 0 Å². The Morgan fingerprint density at radius 3 is 2.69 bits per heavy atom. The van der Waals surface area contributed by atoms with E-state index in [2.05, 4.69) is 0 Å². The molecule has 1 fully saturated rings. The van der Waals surface area contributed by atoms with Crippen molar-refractivity contribution in [3.63, 3.8) is 0 Å². The van der Waals surface area contributed by atoms with E-state index < -0.39 is 0 Å². The van der Waals surface area contributed by atoms with Crippen LogP contribution in [-0.4, -0.2) is 40.9 Å². The molecule has 1 aliphatic heterocycles. The molecule has 0 bridgehead atoms. The molecular weight excluding hydrogens is 206 g/mol. The van der Waals surface area contributed by atoms with Crippen LogP contribution >= 0.6 is 0 Å². The van der Waals surface area contributed by atoms with Gasteiger partial charge in [0.05, 0.1) is 12.2 Å². The van der Waals surface area contributed by atoms with Crippen molar-refractivity contribution in [1.29, 1.82) is 0 Å². The Balaban J connectivity index is 2.55. The van der Waals surface area contributed by atoms with Gasteiger partial charge in [-0.3, -0.25) is 0 Å². The number of amides is 1. The number of hydrogen-bond acceptors (Lipinski definition) is 3. The first-order chi connectivity index (χ1) is 7.50. The van der Waals surface area contributed by atoms with Crippen molar-refractivity contribution in [3.05, 3.63) is 0 Å². The van der Waals surface area contributed by atoms with Crippen LogP contribution < -0.4 is 0 Å². The van der Waals surface area contributed by atoms with E-state index in [-0.39, 0.29) is 24.3 Å². The van der Waals surface area contributed by atoms with Crippen LogP contribution in [0.25, 0.3) is 0 Å². The number of rotatable bonds is 3. The minimum atomic E-state index is -0.363. The Hall–Kier alpha value is -0.770. The van der Waals surface area contributed by atoms with E-state index in [1.807, 2.05) is 13.8 Å². The minimum absolute atomic E-state index is 0.0818. The third-order valence-corrected chi connectivity index (χ3v) is 2.81. The summed E-state index contributed by atoms with van der Waals surface area (Å²) in [4.78, 5) is 13.6. The first-order valence-corrected chi connectivity index (χ1v) is 6.16. The van der Waals surface area contributed by atoms with Gasteiger partial charge in [0.15, 0.2) is 0 Å². The topological polar surface area (TPSA) is 49.8 Å². The number of likely N-dealkylation sites (tertiary alicyclic amines) is 1. The molecule has 0 aliphatic carbocycles. The fourth-order valence-corrected chi connectivity index (χ4v) is 2.15. The van der Waals surface area contributed by atoms with E-state index in [0.717, 1.165) is 25.8 Å². The van der Waals surface area contributed by atoms with Crippen molar-refractivity contribution in [2.24, 2.45) is 0 Å². The van der Waals surface area contributed by atoms with E-state index in [0.29, 0.717) is 6.42 Å². The molecule has 16 heavy (non-hydrogen) atoms. The summed E-state index contributed by atoms with van der Waals surface area (Å²) in [6.07, 6.45) is 3.09. The first-order valence-electron chi connectivity index (χ1n) is 6.16. The van der Waals surface area contributed by atoms with Gasteiger partial charge in [-0.25, -0.2) is 4.79 Å². The predicted molar refractivity (Wildman–Crippen MR) is 62.3 cm³/mol. The zero-order valence-electron chi connectivity index (χ0n) is 10.5. The van der Waals surface area contributed by atoms with Gasteiger partial charge in [-0.2, -0.15) is 0 Å². The number of aliphatic hydroxyl groups excluding tert-OH is 1. The fourth-order valence-electron chi connectivity index (χ4n) is 2.15. The van der Waals surface area contributed by atoms with Crippen molar-refractivity contribution in [1.82, 2.24) is 4.90 Å². The largest absolute Gasteiger partial charge is 0.447 e. The number of nitrogens with zero attached hydrogens (tertiary/aromatic N) is 1. The van der Waals surface area contributed by atoms with Gasteiger partial charge >= 0.3 is 6.09 Å². The maximum absolute atomic E-state index is 11.8. The van der Waals surface area contributed by atoms with Crippen LogP contribution in [0.1, 0.15) is 46.5 Å². The fraction of sp³-hybridized carbons (Fsp3) is 0.917.